The molecule has 0 bridgehead atoms. The van der Waals surface area contributed by atoms with Gasteiger partial charge in [-0.3, -0.25) is 9.59 Å². The van der Waals surface area contributed by atoms with Gasteiger partial charge in [0, 0.05) is 19.7 Å². The van der Waals surface area contributed by atoms with Gasteiger partial charge in [-0.05, 0) is 23.8 Å². The molecule has 0 radical (unpaired) electrons. The molecule has 2 heterocycles. The van der Waals surface area contributed by atoms with E-state index in [2.05, 4.69) is 20.3 Å². The Morgan fingerprint density at radius 1 is 1.15 bits per heavy atom. The quantitative estimate of drug-likeness (QED) is 0.397. The number of fused-ring (bicyclic) bond motifs is 1. The molecule has 0 unspecified atom stereocenters. The molecule has 0 aliphatic heterocycles. The van der Waals surface area contributed by atoms with Crippen LogP contribution in [-0.2, 0) is 22.6 Å². The number of carbonyl (C=O) groups is 1. The Balaban J connectivity index is 1.47. The summed E-state index contributed by atoms with van der Waals surface area (Å²) in [6.07, 6.45) is 4.83. The van der Waals surface area contributed by atoms with Crippen molar-refractivity contribution in [3.05, 3.63) is 94.3 Å². The largest absolute Gasteiger partial charge is 0.383 e. The molecular weight excluding hydrogens is 420 g/mol. The lowest BCUT2D eigenvalue weighted by molar-refractivity contribution is -0.127. The van der Waals surface area contributed by atoms with Gasteiger partial charge in [0.05, 0.1) is 36.8 Å². The Kier molecular flexibility index (Phi) is 7.01. The van der Waals surface area contributed by atoms with E-state index in [0.717, 1.165) is 5.56 Å². The van der Waals surface area contributed by atoms with Gasteiger partial charge in [-0.1, -0.05) is 47.7 Å². The highest BCUT2D eigenvalue weighted by molar-refractivity contribution is 5.91. The minimum absolute atomic E-state index is 0.146. The number of methoxy groups -OCH3 is 1. The molecule has 0 saturated heterocycles. The number of hydrogen-bond acceptors (Lipinski definition) is 6. The predicted molar refractivity (Wildman–Crippen MR) is 124 cm³/mol. The third-order valence-corrected chi connectivity index (χ3v) is 5.02. The van der Waals surface area contributed by atoms with E-state index in [4.69, 9.17) is 4.74 Å². The Hall–Kier alpha value is -4.11. The molecule has 1 N–H and O–H groups in total. The number of H-pyrrole nitrogens is 1. The fraction of sp³-hybridized carbons (Fsp3) is 0.208. The lowest BCUT2D eigenvalue weighted by Crippen LogP contribution is -2.33. The third kappa shape index (κ3) is 5.78. The average Bonchev–Trinajstić information content (AvgIpc) is 3.28. The number of aromatic nitrogens is 5. The standard InChI is InChI=1S/C24H24N6O3/c1-33-14-13-29(17-22-25-21-10-6-5-9-20(21)24(32)26-22)23(31)12-11-19-16-30(28-27-19)15-18-7-3-2-4-8-18/h2-12,16H,13-15,17H2,1H3,(H,25,26,32). The van der Waals surface area contributed by atoms with E-state index in [1.165, 1.54) is 6.08 Å². The molecule has 33 heavy (non-hydrogen) atoms. The first kappa shape index (κ1) is 22.1. The zero-order valence-electron chi connectivity index (χ0n) is 18.2. The predicted octanol–water partition coefficient (Wildman–Crippen LogP) is 2.25. The van der Waals surface area contributed by atoms with Crippen LogP contribution in [0.1, 0.15) is 17.1 Å². The lowest BCUT2D eigenvalue weighted by atomic mass is 10.2. The van der Waals surface area contributed by atoms with Gasteiger partial charge in [0.1, 0.15) is 11.5 Å². The summed E-state index contributed by atoms with van der Waals surface area (Å²) in [5.41, 5.74) is 2.03. The van der Waals surface area contributed by atoms with Crippen molar-refractivity contribution in [3.63, 3.8) is 0 Å². The average molecular weight is 444 g/mol. The summed E-state index contributed by atoms with van der Waals surface area (Å²) in [5, 5.41) is 8.73. The van der Waals surface area contributed by atoms with E-state index < -0.39 is 0 Å². The molecule has 168 valence electrons. The number of rotatable bonds is 9. The van der Waals surface area contributed by atoms with Gasteiger partial charge < -0.3 is 14.6 Å². The van der Waals surface area contributed by atoms with Crippen molar-refractivity contribution < 1.29 is 9.53 Å². The summed E-state index contributed by atoms with van der Waals surface area (Å²) in [6.45, 7) is 1.44. The number of carbonyl (C=O) groups excluding carboxylic acids is 1. The van der Waals surface area contributed by atoms with Crippen LogP contribution in [0.3, 0.4) is 0 Å². The van der Waals surface area contributed by atoms with Crippen LogP contribution < -0.4 is 5.56 Å². The Morgan fingerprint density at radius 2 is 1.94 bits per heavy atom. The Morgan fingerprint density at radius 3 is 2.76 bits per heavy atom. The monoisotopic (exact) mass is 444 g/mol. The van der Waals surface area contributed by atoms with Crippen LogP contribution in [0, 0.1) is 0 Å². The molecule has 0 aliphatic carbocycles. The molecule has 9 nitrogen and oxygen atoms in total. The normalized spacial score (nSPS) is 11.3. The number of nitrogens with zero attached hydrogens (tertiary/aromatic N) is 5. The highest BCUT2D eigenvalue weighted by Crippen LogP contribution is 2.09. The maximum Gasteiger partial charge on any atom is 0.258 e. The van der Waals surface area contributed by atoms with E-state index in [1.54, 1.807) is 47.2 Å². The zero-order chi connectivity index (χ0) is 23.0. The molecule has 0 fully saturated rings. The first-order chi connectivity index (χ1) is 16.1. The summed E-state index contributed by atoms with van der Waals surface area (Å²) >= 11 is 0. The maximum absolute atomic E-state index is 12.9. The minimum Gasteiger partial charge on any atom is -0.383 e. The zero-order valence-corrected chi connectivity index (χ0v) is 18.2. The molecule has 9 heteroatoms. The topological polar surface area (TPSA) is 106 Å². The van der Waals surface area contributed by atoms with Crippen molar-refractivity contribution >= 4 is 22.9 Å². The molecule has 4 aromatic rings. The summed E-state index contributed by atoms with van der Waals surface area (Å²) in [5.74, 6) is 0.158. The van der Waals surface area contributed by atoms with Gasteiger partial charge in [0.2, 0.25) is 5.91 Å². The highest BCUT2D eigenvalue weighted by Gasteiger charge is 2.14. The molecule has 0 saturated carbocycles. The second-order valence-corrected chi connectivity index (χ2v) is 7.44. The lowest BCUT2D eigenvalue weighted by Gasteiger charge is -2.20. The fourth-order valence-corrected chi connectivity index (χ4v) is 3.36. The molecule has 1 amide bonds. The maximum atomic E-state index is 12.9. The van der Waals surface area contributed by atoms with Crippen molar-refractivity contribution in [2.45, 2.75) is 13.1 Å². The second kappa shape index (κ2) is 10.5. The number of amides is 1. The molecule has 0 aliphatic rings. The van der Waals surface area contributed by atoms with Crippen LogP contribution in [0.4, 0.5) is 0 Å². The molecule has 4 rings (SSSR count). The molecular formula is C24H24N6O3. The van der Waals surface area contributed by atoms with Gasteiger partial charge in [0.25, 0.3) is 5.56 Å². The number of benzene rings is 2. The van der Waals surface area contributed by atoms with Crippen LogP contribution in [0.2, 0.25) is 0 Å². The number of aromatic amines is 1. The van der Waals surface area contributed by atoms with E-state index >= 15 is 0 Å². The first-order valence-corrected chi connectivity index (χ1v) is 10.5. The number of para-hydroxylation sites is 1. The van der Waals surface area contributed by atoms with Gasteiger partial charge in [-0.15, -0.1) is 5.10 Å². The molecule has 0 spiro atoms. The van der Waals surface area contributed by atoms with Crippen LogP contribution in [0.15, 0.2) is 71.7 Å². The smallest absolute Gasteiger partial charge is 0.258 e. The van der Waals surface area contributed by atoms with Crippen LogP contribution >= 0.6 is 0 Å². The van der Waals surface area contributed by atoms with Crippen LogP contribution in [0.25, 0.3) is 17.0 Å². The fourth-order valence-electron chi connectivity index (χ4n) is 3.36. The van der Waals surface area contributed by atoms with E-state index in [-0.39, 0.29) is 18.0 Å². The summed E-state index contributed by atoms with van der Waals surface area (Å²) in [7, 11) is 1.57. The minimum atomic E-state index is -0.250. The van der Waals surface area contributed by atoms with Gasteiger partial charge in [-0.2, -0.15) is 0 Å². The Labute approximate surface area is 190 Å². The van der Waals surface area contributed by atoms with E-state index in [1.807, 2.05) is 36.4 Å². The van der Waals surface area contributed by atoms with Gasteiger partial charge in [0.15, 0.2) is 0 Å². The number of nitrogens with one attached hydrogen (secondary N) is 1. The van der Waals surface area contributed by atoms with Gasteiger partial charge in [-0.25, -0.2) is 9.67 Å². The first-order valence-electron chi connectivity index (χ1n) is 10.5. The molecule has 2 aromatic heterocycles. The van der Waals surface area contributed by atoms with Gasteiger partial charge >= 0.3 is 0 Å². The van der Waals surface area contributed by atoms with E-state index in [0.29, 0.717) is 42.1 Å². The van der Waals surface area contributed by atoms with Crippen molar-refractivity contribution in [1.82, 2.24) is 29.9 Å². The SMILES string of the molecule is COCCN(Cc1nc2ccccc2c(=O)[nH]1)C(=O)C=Cc1cn(Cc2ccccc2)nn1. The summed E-state index contributed by atoms with van der Waals surface area (Å²) < 4.78 is 6.86. The second-order valence-electron chi connectivity index (χ2n) is 7.44. The highest BCUT2D eigenvalue weighted by atomic mass is 16.5. The molecule has 2 aromatic carbocycles. The Bertz CT molecular complexity index is 1310. The van der Waals surface area contributed by atoms with Crippen LogP contribution in [0.5, 0.6) is 0 Å². The summed E-state index contributed by atoms with van der Waals surface area (Å²) in [6, 6.07) is 17.0. The molecule has 0 atom stereocenters. The third-order valence-electron chi connectivity index (χ3n) is 5.02. The van der Waals surface area contributed by atoms with E-state index in [9.17, 15) is 9.59 Å². The van der Waals surface area contributed by atoms with Crippen LogP contribution in [-0.4, -0.2) is 56.0 Å². The van der Waals surface area contributed by atoms with Crippen molar-refractivity contribution in [2.24, 2.45) is 0 Å². The van der Waals surface area contributed by atoms with Crippen molar-refractivity contribution in [1.29, 1.82) is 0 Å². The summed E-state index contributed by atoms with van der Waals surface area (Å²) in [4.78, 5) is 34.0. The number of ether oxygens (including phenoxy) is 1. The van der Waals surface area contributed by atoms with Crippen molar-refractivity contribution in [3.8, 4) is 0 Å². The van der Waals surface area contributed by atoms with Crippen molar-refractivity contribution in [2.75, 3.05) is 20.3 Å². The number of hydrogen-bond donors (Lipinski definition) is 1.